The summed E-state index contributed by atoms with van der Waals surface area (Å²) >= 11 is 6.56. The summed E-state index contributed by atoms with van der Waals surface area (Å²) in [4.78, 5) is 0. The van der Waals surface area contributed by atoms with Crippen molar-refractivity contribution in [1.29, 1.82) is 0 Å². The van der Waals surface area contributed by atoms with Crippen molar-refractivity contribution < 1.29 is 0 Å². The van der Waals surface area contributed by atoms with Crippen LogP contribution in [0.2, 0.25) is 0 Å². The molecule has 2 aromatic carbocycles. The molecule has 0 aromatic heterocycles. The van der Waals surface area contributed by atoms with E-state index in [1.807, 2.05) is 0 Å². The Morgan fingerprint density at radius 3 is 1.68 bits per heavy atom. The van der Waals surface area contributed by atoms with E-state index in [4.69, 9.17) is 11.6 Å². The predicted octanol–water partition coefficient (Wildman–Crippen LogP) is 5.53. The van der Waals surface area contributed by atoms with Gasteiger partial charge >= 0.3 is 0 Å². The van der Waals surface area contributed by atoms with Gasteiger partial charge in [0.15, 0.2) is 0 Å². The molecular formula is C18H21Cl. The van der Waals surface area contributed by atoms with Gasteiger partial charge in [0.1, 0.15) is 0 Å². The van der Waals surface area contributed by atoms with Gasteiger partial charge in [-0.3, -0.25) is 0 Å². The fourth-order valence-corrected chi connectivity index (χ4v) is 2.55. The second kappa shape index (κ2) is 6.77. The number of hydrogen-bond acceptors (Lipinski definition) is 0. The molecule has 1 atom stereocenters. The molecule has 0 radical (unpaired) electrons. The molecule has 0 bridgehead atoms. The number of aryl methyl sites for hydroxylation is 2. The van der Waals surface area contributed by atoms with Gasteiger partial charge in [-0.25, -0.2) is 0 Å². The first-order valence-electron chi connectivity index (χ1n) is 7.06. The van der Waals surface area contributed by atoms with E-state index in [1.54, 1.807) is 0 Å². The normalized spacial score (nSPS) is 12.4. The average Bonchev–Trinajstić information content (AvgIpc) is 2.48. The van der Waals surface area contributed by atoms with Crippen LogP contribution in [0.1, 0.15) is 47.9 Å². The van der Waals surface area contributed by atoms with Gasteiger partial charge in [0, 0.05) is 0 Å². The number of alkyl halides is 1. The predicted molar refractivity (Wildman–Crippen MR) is 84.0 cm³/mol. The van der Waals surface area contributed by atoms with Crippen LogP contribution in [0.5, 0.6) is 0 Å². The Bertz CT molecular complexity index is 496. The van der Waals surface area contributed by atoms with Crippen molar-refractivity contribution in [2.24, 2.45) is 0 Å². The van der Waals surface area contributed by atoms with Crippen molar-refractivity contribution in [1.82, 2.24) is 0 Å². The first-order valence-corrected chi connectivity index (χ1v) is 7.50. The highest BCUT2D eigenvalue weighted by atomic mass is 35.5. The third-order valence-corrected chi connectivity index (χ3v) is 4.00. The molecule has 2 rings (SSSR count). The standard InChI is InChI=1S/C18H21Cl/c1-3-5-15-8-12-17(13-9-15)18(19)16-10-6-14(4-2)7-11-16/h6-13,18H,3-5H2,1-2H3. The van der Waals surface area contributed by atoms with E-state index in [1.165, 1.54) is 28.7 Å². The van der Waals surface area contributed by atoms with E-state index in [9.17, 15) is 0 Å². The van der Waals surface area contributed by atoms with E-state index >= 15 is 0 Å². The summed E-state index contributed by atoms with van der Waals surface area (Å²) in [5.74, 6) is 0. The van der Waals surface area contributed by atoms with Crippen molar-refractivity contribution in [3.63, 3.8) is 0 Å². The molecule has 0 nitrogen and oxygen atoms in total. The van der Waals surface area contributed by atoms with E-state index in [2.05, 4.69) is 62.4 Å². The minimum Gasteiger partial charge on any atom is -0.113 e. The second-order valence-electron chi connectivity index (χ2n) is 4.95. The zero-order chi connectivity index (χ0) is 13.7. The highest BCUT2D eigenvalue weighted by molar-refractivity contribution is 6.22. The number of benzene rings is 2. The summed E-state index contributed by atoms with van der Waals surface area (Å²) in [5.41, 5.74) is 5.08. The van der Waals surface area contributed by atoms with Crippen molar-refractivity contribution in [2.45, 2.75) is 38.5 Å². The Kier molecular flexibility index (Phi) is 5.04. The first-order chi connectivity index (χ1) is 9.24. The summed E-state index contributed by atoms with van der Waals surface area (Å²) < 4.78 is 0. The molecule has 0 saturated heterocycles. The molecule has 0 spiro atoms. The number of hydrogen-bond donors (Lipinski definition) is 0. The van der Waals surface area contributed by atoms with E-state index < -0.39 is 0 Å². The first kappa shape index (κ1) is 14.1. The van der Waals surface area contributed by atoms with E-state index in [0.29, 0.717) is 0 Å². The largest absolute Gasteiger partial charge is 0.113 e. The molecule has 2 aromatic rings. The Morgan fingerprint density at radius 2 is 1.26 bits per heavy atom. The molecule has 19 heavy (non-hydrogen) atoms. The van der Waals surface area contributed by atoms with Gasteiger partial charge in [-0.1, -0.05) is 68.8 Å². The molecule has 1 heteroatoms. The van der Waals surface area contributed by atoms with Crippen LogP contribution in [0, 0.1) is 0 Å². The Balaban J connectivity index is 2.15. The second-order valence-corrected chi connectivity index (χ2v) is 5.39. The fourth-order valence-electron chi connectivity index (χ4n) is 2.26. The van der Waals surface area contributed by atoms with Gasteiger partial charge < -0.3 is 0 Å². The molecule has 0 aliphatic rings. The Hall–Kier alpha value is -1.27. The zero-order valence-corrected chi connectivity index (χ0v) is 12.5. The lowest BCUT2D eigenvalue weighted by atomic mass is 10.0. The van der Waals surface area contributed by atoms with Gasteiger partial charge in [-0.2, -0.15) is 0 Å². The monoisotopic (exact) mass is 272 g/mol. The fraction of sp³-hybridized carbons (Fsp3) is 0.333. The summed E-state index contributed by atoms with van der Waals surface area (Å²) in [5, 5.41) is -0.0541. The topological polar surface area (TPSA) is 0 Å². The highest BCUT2D eigenvalue weighted by Gasteiger charge is 2.10. The molecule has 0 saturated carbocycles. The van der Waals surface area contributed by atoms with Crippen molar-refractivity contribution in [2.75, 3.05) is 0 Å². The molecule has 0 N–H and O–H groups in total. The van der Waals surface area contributed by atoms with Crippen LogP contribution in [0.15, 0.2) is 48.5 Å². The smallest absolute Gasteiger partial charge is 0.0835 e. The summed E-state index contributed by atoms with van der Waals surface area (Å²) in [6.07, 6.45) is 3.39. The quantitative estimate of drug-likeness (QED) is 0.628. The highest BCUT2D eigenvalue weighted by Crippen LogP contribution is 2.29. The lowest BCUT2D eigenvalue weighted by molar-refractivity contribution is 0.920. The molecule has 0 amide bonds. The maximum absolute atomic E-state index is 6.56. The van der Waals surface area contributed by atoms with Crippen LogP contribution >= 0.6 is 11.6 Å². The van der Waals surface area contributed by atoms with Crippen molar-refractivity contribution in [3.05, 3.63) is 70.8 Å². The van der Waals surface area contributed by atoms with Crippen LogP contribution in [0.3, 0.4) is 0 Å². The van der Waals surface area contributed by atoms with Gasteiger partial charge in [0.25, 0.3) is 0 Å². The summed E-state index contributed by atoms with van der Waals surface area (Å²) in [6, 6.07) is 17.3. The number of rotatable bonds is 5. The van der Waals surface area contributed by atoms with Crippen LogP contribution in [0.4, 0.5) is 0 Å². The van der Waals surface area contributed by atoms with Gasteiger partial charge in [0.2, 0.25) is 0 Å². The summed E-state index contributed by atoms with van der Waals surface area (Å²) in [7, 11) is 0. The van der Waals surface area contributed by atoms with Crippen LogP contribution in [-0.4, -0.2) is 0 Å². The third kappa shape index (κ3) is 3.61. The van der Waals surface area contributed by atoms with Crippen LogP contribution in [-0.2, 0) is 12.8 Å². The lowest BCUT2D eigenvalue weighted by Crippen LogP contribution is -1.94. The SMILES string of the molecule is CCCc1ccc(C(Cl)c2ccc(CC)cc2)cc1. The van der Waals surface area contributed by atoms with Crippen molar-refractivity contribution in [3.8, 4) is 0 Å². The molecule has 0 aliphatic heterocycles. The minimum atomic E-state index is -0.0541. The molecule has 0 aliphatic carbocycles. The molecule has 1 unspecified atom stereocenters. The lowest BCUT2D eigenvalue weighted by Gasteiger charge is -2.11. The molecular weight excluding hydrogens is 252 g/mol. The Morgan fingerprint density at radius 1 is 0.789 bits per heavy atom. The molecule has 100 valence electrons. The van der Waals surface area contributed by atoms with E-state index in [0.717, 1.165) is 12.8 Å². The zero-order valence-electron chi connectivity index (χ0n) is 11.7. The maximum Gasteiger partial charge on any atom is 0.0835 e. The maximum atomic E-state index is 6.56. The number of halogens is 1. The summed E-state index contributed by atoms with van der Waals surface area (Å²) in [6.45, 7) is 4.37. The molecule has 0 fully saturated rings. The van der Waals surface area contributed by atoms with Gasteiger partial charge in [0.05, 0.1) is 5.38 Å². The van der Waals surface area contributed by atoms with Crippen LogP contribution in [0.25, 0.3) is 0 Å². The Labute approximate surface area is 121 Å². The third-order valence-electron chi connectivity index (χ3n) is 3.49. The minimum absolute atomic E-state index is 0.0541. The van der Waals surface area contributed by atoms with Crippen molar-refractivity contribution >= 4 is 11.6 Å². The average molecular weight is 273 g/mol. The van der Waals surface area contributed by atoms with Crippen LogP contribution < -0.4 is 0 Å². The van der Waals surface area contributed by atoms with E-state index in [-0.39, 0.29) is 5.38 Å². The van der Waals surface area contributed by atoms with Gasteiger partial charge in [-0.05, 0) is 35.1 Å². The van der Waals surface area contributed by atoms with Gasteiger partial charge in [-0.15, -0.1) is 11.6 Å². The molecule has 0 heterocycles.